The number of carboxylic acid groups (broad SMARTS) is 1. The summed E-state index contributed by atoms with van der Waals surface area (Å²) in [6.07, 6.45) is -0.731. The second-order valence-electron chi connectivity index (χ2n) is 4.54. The Kier molecular flexibility index (Phi) is 3.57. The van der Waals surface area contributed by atoms with Gasteiger partial charge < -0.3 is 9.84 Å². The Balaban J connectivity index is 2.75. The van der Waals surface area contributed by atoms with Crippen molar-refractivity contribution in [1.29, 1.82) is 0 Å². The molecule has 1 amide bonds. The van der Waals surface area contributed by atoms with Crippen LogP contribution in [0.5, 0.6) is 0 Å². The van der Waals surface area contributed by atoms with E-state index < -0.39 is 34.5 Å². The molecule has 1 aliphatic heterocycles. The van der Waals surface area contributed by atoms with Crippen molar-refractivity contribution in [2.45, 2.75) is 32.4 Å². The average molecular weight is 249 g/mol. The van der Waals surface area contributed by atoms with Gasteiger partial charge in [-0.05, 0) is 20.8 Å². The molecule has 1 saturated heterocycles. The van der Waals surface area contributed by atoms with Gasteiger partial charge in [0.25, 0.3) is 0 Å². The van der Waals surface area contributed by atoms with E-state index in [0.717, 1.165) is 4.90 Å². The summed E-state index contributed by atoms with van der Waals surface area (Å²) >= 11 is 0. The molecule has 0 spiro atoms. The molecular formula is C9H15NO5S. The second kappa shape index (κ2) is 4.40. The number of hydrogen-bond acceptors (Lipinski definition) is 4. The fourth-order valence-corrected chi connectivity index (χ4v) is 2.64. The third-order valence-corrected chi connectivity index (χ3v) is 3.17. The van der Waals surface area contributed by atoms with Crippen molar-refractivity contribution in [2.75, 3.05) is 11.6 Å². The Morgan fingerprint density at radius 3 is 2.44 bits per heavy atom. The number of carbonyl (C=O) groups excluding carboxylic acids is 1. The standard InChI is InChI=1S/C9H15NO5S/c1-9(2,3)15-8(13)10-5-16(14)4-6(10)7(11)12/h6H,4-5H2,1-3H3,(H,11,12)/t6-,16+/m0/s1. The lowest BCUT2D eigenvalue weighted by Gasteiger charge is -2.25. The summed E-state index contributed by atoms with van der Waals surface area (Å²) in [7, 11) is -1.31. The zero-order valence-corrected chi connectivity index (χ0v) is 10.2. The van der Waals surface area contributed by atoms with E-state index in [0.29, 0.717) is 0 Å². The number of rotatable bonds is 1. The molecule has 1 N–H and O–H groups in total. The van der Waals surface area contributed by atoms with Gasteiger partial charge in [0.1, 0.15) is 17.5 Å². The maximum Gasteiger partial charge on any atom is 0.411 e. The van der Waals surface area contributed by atoms with Gasteiger partial charge in [-0.1, -0.05) is 0 Å². The lowest BCUT2D eigenvalue weighted by Crippen LogP contribution is -2.44. The van der Waals surface area contributed by atoms with Gasteiger partial charge in [0, 0.05) is 10.8 Å². The molecule has 0 aromatic rings. The predicted molar refractivity (Wildman–Crippen MR) is 57.4 cm³/mol. The minimum absolute atomic E-state index is 0.0332. The van der Waals surface area contributed by atoms with E-state index in [4.69, 9.17) is 9.84 Å². The van der Waals surface area contributed by atoms with Crippen LogP contribution in [0.3, 0.4) is 0 Å². The van der Waals surface area contributed by atoms with Crippen LogP contribution in [-0.4, -0.2) is 49.6 Å². The van der Waals surface area contributed by atoms with Crippen molar-refractivity contribution in [1.82, 2.24) is 4.90 Å². The van der Waals surface area contributed by atoms with E-state index in [9.17, 15) is 13.8 Å². The molecule has 0 saturated carbocycles. The summed E-state index contributed by atoms with van der Waals surface area (Å²) in [5, 5.41) is 8.86. The zero-order valence-electron chi connectivity index (χ0n) is 9.43. The molecule has 92 valence electrons. The van der Waals surface area contributed by atoms with Crippen LogP contribution < -0.4 is 0 Å². The molecule has 0 radical (unpaired) electrons. The molecule has 0 aliphatic carbocycles. The highest BCUT2D eigenvalue weighted by Gasteiger charge is 2.40. The predicted octanol–water partition coefficient (Wildman–Crippen LogP) is 0.397. The number of ether oxygens (including phenoxy) is 1. The first-order valence-electron chi connectivity index (χ1n) is 4.78. The van der Waals surface area contributed by atoms with Crippen LogP contribution in [0.1, 0.15) is 20.8 Å². The normalized spacial score (nSPS) is 25.6. The maximum atomic E-state index is 11.6. The lowest BCUT2D eigenvalue weighted by atomic mass is 10.2. The Bertz CT molecular complexity index is 335. The lowest BCUT2D eigenvalue weighted by molar-refractivity contribution is -0.141. The highest BCUT2D eigenvalue weighted by Crippen LogP contribution is 2.17. The number of nitrogens with zero attached hydrogens (tertiary/aromatic N) is 1. The highest BCUT2D eigenvalue weighted by atomic mass is 32.2. The maximum absolute atomic E-state index is 11.6. The number of amides is 1. The topological polar surface area (TPSA) is 83.9 Å². The molecule has 6 nitrogen and oxygen atoms in total. The number of hydrogen-bond donors (Lipinski definition) is 1. The second-order valence-corrected chi connectivity index (χ2v) is 6.01. The minimum atomic E-state index is -1.31. The molecule has 1 aliphatic rings. The molecule has 0 aromatic heterocycles. The first-order chi connectivity index (χ1) is 7.20. The molecule has 16 heavy (non-hydrogen) atoms. The van der Waals surface area contributed by atoms with E-state index in [1.54, 1.807) is 20.8 Å². The van der Waals surface area contributed by atoms with Crippen molar-refractivity contribution >= 4 is 22.9 Å². The smallest absolute Gasteiger partial charge is 0.411 e. The van der Waals surface area contributed by atoms with E-state index >= 15 is 0 Å². The Hall–Kier alpha value is -1.11. The van der Waals surface area contributed by atoms with E-state index in [2.05, 4.69) is 0 Å². The van der Waals surface area contributed by atoms with Crippen LogP contribution in [0.4, 0.5) is 4.79 Å². The van der Waals surface area contributed by atoms with Gasteiger partial charge >= 0.3 is 12.1 Å². The van der Waals surface area contributed by atoms with Crippen LogP contribution in [-0.2, 0) is 20.3 Å². The third-order valence-electron chi connectivity index (χ3n) is 1.92. The molecule has 0 unspecified atom stereocenters. The van der Waals surface area contributed by atoms with Crippen LogP contribution in [0.2, 0.25) is 0 Å². The first kappa shape index (κ1) is 13.0. The van der Waals surface area contributed by atoms with Gasteiger partial charge in [0.15, 0.2) is 0 Å². The van der Waals surface area contributed by atoms with Gasteiger partial charge in [-0.2, -0.15) is 0 Å². The molecule has 7 heteroatoms. The third kappa shape index (κ3) is 3.19. The Labute approximate surface area is 96.0 Å². The fraction of sp³-hybridized carbons (Fsp3) is 0.778. The summed E-state index contributed by atoms with van der Waals surface area (Å²) < 4.78 is 16.3. The molecule has 2 atom stereocenters. The monoisotopic (exact) mass is 249 g/mol. The van der Waals surface area contributed by atoms with E-state index in [1.807, 2.05) is 0 Å². The average Bonchev–Trinajstić information content (AvgIpc) is 2.44. The molecule has 1 fully saturated rings. The number of aliphatic carboxylic acids is 1. The van der Waals surface area contributed by atoms with E-state index in [-0.39, 0.29) is 11.6 Å². The minimum Gasteiger partial charge on any atom is -0.480 e. The van der Waals surface area contributed by atoms with Gasteiger partial charge in [-0.15, -0.1) is 0 Å². The van der Waals surface area contributed by atoms with Crippen molar-refractivity contribution in [3.63, 3.8) is 0 Å². The summed E-state index contributed by atoms with van der Waals surface area (Å²) in [4.78, 5) is 23.5. The summed E-state index contributed by atoms with van der Waals surface area (Å²) in [5.41, 5.74) is -0.690. The van der Waals surface area contributed by atoms with Crippen LogP contribution in [0.15, 0.2) is 0 Å². The summed E-state index contributed by atoms with van der Waals surface area (Å²) in [5.74, 6) is -1.27. The highest BCUT2D eigenvalue weighted by molar-refractivity contribution is 7.85. The van der Waals surface area contributed by atoms with Gasteiger partial charge in [0.05, 0.1) is 5.75 Å². The Morgan fingerprint density at radius 2 is 2.00 bits per heavy atom. The van der Waals surface area contributed by atoms with E-state index in [1.165, 1.54) is 0 Å². The first-order valence-corrected chi connectivity index (χ1v) is 6.27. The summed E-state index contributed by atoms with van der Waals surface area (Å²) in [6.45, 7) is 5.06. The molecule has 1 rings (SSSR count). The fourth-order valence-electron chi connectivity index (χ4n) is 1.27. The van der Waals surface area contributed by atoms with Crippen molar-refractivity contribution in [3.05, 3.63) is 0 Å². The summed E-state index contributed by atoms with van der Waals surface area (Å²) in [6, 6.07) is -1.05. The molecule has 0 bridgehead atoms. The number of carbonyl (C=O) groups is 2. The molecule has 1 heterocycles. The van der Waals surface area contributed by atoms with Crippen LogP contribution in [0.25, 0.3) is 0 Å². The quantitative estimate of drug-likeness (QED) is 0.727. The number of carboxylic acids is 1. The molecular weight excluding hydrogens is 234 g/mol. The van der Waals surface area contributed by atoms with Gasteiger partial charge in [0.2, 0.25) is 0 Å². The largest absolute Gasteiger partial charge is 0.480 e. The van der Waals surface area contributed by atoms with Gasteiger partial charge in [-0.3, -0.25) is 9.11 Å². The van der Waals surface area contributed by atoms with Crippen molar-refractivity contribution < 1.29 is 23.6 Å². The van der Waals surface area contributed by atoms with Crippen LogP contribution >= 0.6 is 0 Å². The van der Waals surface area contributed by atoms with Crippen molar-refractivity contribution in [2.24, 2.45) is 0 Å². The SMILES string of the molecule is CC(C)(C)OC(=O)N1C[S@](=O)C[C@H]1C(=O)O. The Morgan fingerprint density at radius 1 is 1.44 bits per heavy atom. The van der Waals surface area contributed by atoms with Crippen LogP contribution in [0, 0.1) is 0 Å². The molecule has 0 aromatic carbocycles. The van der Waals surface area contributed by atoms with Crippen molar-refractivity contribution in [3.8, 4) is 0 Å². The van der Waals surface area contributed by atoms with Gasteiger partial charge in [-0.25, -0.2) is 9.59 Å². The zero-order chi connectivity index (χ0) is 12.5.